The quantitative estimate of drug-likeness (QED) is 0.166. The van der Waals surface area contributed by atoms with E-state index < -0.39 is 33.3 Å². The Bertz CT molecular complexity index is 668. The van der Waals surface area contributed by atoms with Crippen LogP contribution < -0.4 is 5.32 Å². The largest absolute Gasteiger partial charge is 0.563 e. The third kappa shape index (κ3) is 11.1. The second-order valence-corrected chi connectivity index (χ2v) is 12.0. The monoisotopic (exact) mass is 473 g/mol. The first-order valence-electron chi connectivity index (χ1n) is 9.28. The van der Waals surface area contributed by atoms with Gasteiger partial charge in [-0.3, -0.25) is 14.1 Å². The van der Waals surface area contributed by atoms with Gasteiger partial charge in [-0.25, -0.2) is 0 Å². The Morgan fingerprint density at radius 1 is 1.28 bits per heavy atom. The Labute approximate surface area is 180 Å². The molecule has 0 radical (unpaired) electrons. The van der Waals surface area contributed by atoms with Gasteiger partial charge in [-0.05, 0) is 40.0 Å². The number of hydrogen-bond acceptors (Lipinski definition) is 7. The van der Waals surface area contributed by atoms with E-state index in [2.05, 4.69) is 5.32 Å². The van der Waals surface area contributed by atoms with E-state index in [1.165, 1.54) is 40.5 Å². The van der Waals surface area contributed by atoms with Gasteiger partial charge in [-0.2, -0.15) is 8.42 Å². The van der Waals surface area contributed by atoms with E-state index in [1.807, 2.05) is 20.8 Å². The van der Waals surface area contributed by atoms with E-state index >= 15 is 0 Å². The topological polar surface area (TPSA) is 144 Å². The molecule has 2 atom stereocenters. The Morgan fingerprint density at radius 3 is 2.34 bits per heavy atom. The maximum atomic E-state index is 12.2. The van der Waals surface area contributed by atoms with E-state index in [0.29, 0.717) is 25.1 Å². The molecule has 2 amide bonds. The van der Waals surface area contributed by atoms with Crippen molar-refractivity contribution in [3.8, 4) is 0 Å². The summed E-state index contributed by atoms with van der Waals surface area (Å²) in [5, 5.41) is 8.08. The molecule has 0 bridgehead atoms. The minimum Gasteiger partial charge on any atom is -0.563 e. The van der Waals surface area contributed by atoms with Gasteiger partial charge in [0.2, 0.25) is 11.8 Å². The zero-order valence-corrected chi connectivity index (χ0v) is 20.0. The molecule has 9 nitrogen and oxygen atoms in total. The molecular formula is C17H33N2O7S3+. The summed E-state index contributed by atoms with van der Waals surface area (Å²) >= 11 is 0. The Hall–Kier alpha value is -0.980. The normalized spacial score (nSPS) is 14.1. The van der Waals surface area contributed by atoms with Crippen molar-refractivity contribution < 1.29 is 32.5 Å². The van der Waals surface area contributed by atoms with Gasteiger partial charge in [-0.1, -0.05) is 28.5 Å². The predicted molar refractivity (Wildman–Crippen MR) is 117 cm³/mol. The number of amides is 2. The fourth-order valence-corrected chi connectivity index (χ4v) is 5.74. The second kappa shape index (κ2) is 12.7. The van der Waals surface area contributed by atoms with Crippen molar-refractivity contribution in [1.82, 2.24) is 10.2 Å². The molecule has 0 aromatic heterocycles. The standard InChI is InChI=1S/C17H32N2O7S3/c1-6-10-18-15(21)13(29(24,25)26)8-11-27-28-17(3,4)9-7-14(20)19(5)12(2)16(22)23/h12-13H,6-11H2,1-5H3,(H,18,21)(H,22,23)(H,24,25,26)/p+1/t12-,13?/m0/s1. The smallest absolute Gasteiger partial charge is 0.538 e. The zero-order chi connectivity index (χ0) is 22.8. The van der Waals surface area contributed by atoms with Gasteiger partial charge in [0.1, 0.15) is 0 Å². The Balaban J connectivity index is 4.53. The summed E-state index contributed by atoms with van der Waals surface area (Å²) in [5.74, 6) is -1.42. The van der Waals surface area contributed by atoms with E-state index in [1.54, 1.807) is 0 Å². The van der Waals surface area contributed by atoms with Crippen molar-refractivity contribution in [2.75, 3.05) is 19.3 Å². The molecule has 0 fully saturated rings. The van der Waals surface area contributed by atoms with Crippen LogP contribution in [0.4, 0.5) is 0 Å². The summed E-state index contributed by atoms with van der Waals surface area (Å²) in [7, 11) is -0.159. The third-order valence-electron chi connectivity index (χ3n) is 4.24. The Kier molecular flexibility index (Phi) is 12.2. The molecule has 0 saturated heterocycles. The van der Waals surface area contributed by atoms with Crippen LogP contribution in [0.2, 0.25) is 0 Å². The molecule has 29 heavy (non-hydrogen) atoms. The summed E-state index contributed by atoms with van der Waals surface area (Å²) < 4.78 is 31.9. The van der Waals surface area contributed by atoms with Crippen LogP contribution in [-0.2, 0) is 24.5 Å². The van der Waals surface area contributed by atoms with Crippen molar-refractivity contribution >= 4 is 49.5 Å². The van der Waals surface area contributed by atoms with Gasteiger partial charge < -0.3 is 15.3 Å². The molecule has 170 valence electrons. The molecule has 12 heteroatoms. The van der Waals surface area contributed by atoms with Gasteiger partial charge in [0.25, 0.3) is 10.1 Å². The first-order valence-corrected chi connectivity index (χ1v) is 13.1. The average Bonchev–Trinajstić information content (AvgIpc) is 2.61. The molecule has 0 spiro atoms. The minimum atomic E-state index is -4.48. The number of carbonyl (C=O) groups excluding carboxylic acids is 3. The number of carbonyl (C=O) groups is 3. The Morgan fingerprint density at radius 2 is 1.86 bits per heavy atom. The lowest BCUT2D eigenvalue weighted by Crippen LogP contribution is -2.40. The maximum absolute atomic E-state index is 12.2. The minimum absolute atomic E-state index is 0.0209. The van der Waals surface area contributed by atoms with Crippen molar-refractivity contribution in [3.63, 3.8) is 0 Å². The molecule has 0 aliphatic heterocycles. The van der Waals surface area contributed by atoms with Crippen molar-refractivity contribution in [2.45, 2.75) is 69.4 Å². The lowest BCUT2D eigenvalue weighted by Gasteiger charge is -2.25. The van der Waals surface area contributed by atoms with Gasteiger partial charge in [0, 0.05) is 35.3 Å². The molecule has 0 heterocycles. The lowest BCUT2D eigenvalue weighted by atomic mass is 10.1. The first-order chi connectivity index (χ1) is 13.2. The molecule has 0 aliphatic carbocycles. The molecule has 1 unspecified atom stereocenters. The number of nitrogens with zero attached hydrogens (tertiary/aromatic N) is 1. The van der Waals surface area contributed by atoms with Gasteiger partial charge in [0.15, 0.2) is 11.3 Å². The van der Waals surface area contributed by atoms with Gasteiger partial charge in [0.05, 0.1) is 0 Å². The summed E-state index contributed by atoms with van der Waals surface area (Å²) in [6, 6.07) is -0.788. The van der Waals surface area contributed by atoms with Crippen LogP contribution in [0.15, 0.2) is 0 Å². The highest BCUT2D eigenvalue weighted by Gasteiger charge is 2.31. The summed E-state index contributed by atoms with van der Waals surface area (Å²) in [6.07, 6.45) is 1.37. The van der Waals surface area contributed by atoms with Crippen molar-refractivity contribution in [2.24, 2.45) is 0 Å². The highest BCUT2D eigenvalue weighted by Crippen LogP contribution is 2.39. The van der Waals surface area contributed by atoms with Crippen LogP contribution in [0, 0.1) is 0 Å². The molecule has 4 N–H and O–H groups in total. The molecule has 0 aliphatic rings. The van der Waals surface area contributed by atoms with Gasteiger partial charge >= 0.3 is 5.97 Å². The van der Waals surface area contributed by atoms with E-state index in [9.17, 15) is 27.4 Å². The van der Waals surface area contributed by atoms with E-state index in [4.69, 9.17) is 5.11 Å². The molecule has 0 aromatic carbocycles. The third-order valence-corrected chi connectivity index (χ3v) is 8.80. The molecule has 0 aromatic rings. The van der Waals surface area contributed by atoms with E-state index in [-0.39, 0.29) is 23.5 Å². The first kappa shape index (κ1) is 28.0. The van der Waals surface area contributed by atoms with Crippen LogP contribution >= 0.6 is 21.6 Å². The molecular weight excluding hydrogens is 440 g/mol. The molecule has 0 rings (SSSR count). The van der Waals surface area contributed by atoms with Crippen molar-refractivity contribution in [1.29, 1.82) is 0 Å². The predicted octanol–water partition coefficient (Wildman–Crippen LogP) is 1.20. The number of nitrogens with one attached hydrogen (secondary N) is 1. The molecule has 0 saturated carbocycles. The zero-order valence-electron chi connectivity index (χ0n) is 17.6. The average molecular weight is 474 g/mol. The van der Waals surface area contributed by atoms with Crippen LogP contribution in [0.1, 0.15) is 53.4 Å². The van der Waals surface area contributed by atoms with E-state index in [0.717, 1.165) is 0 Å². The van der Waals surface area contributed by atoms with Gasteiger partial charge in [-0.15, -0.1) is 0 Å². The fraction of sp³-hybridized carbons (Fsp3) is 0.824. The number of hydrogen-bond donors (Lipinski definition) is 2. The maximum Gasteiger partial charge on any atom is 0.538 e. The highest BCUT2D eigenvalue weighted by atomic mass is 33.1. The van der Waals surface area contributed by atoms with Crippen LogP contribution in [0.25, 0.3) is 0 Å². The second-order valence-electron chi connectivity index (χ2n) is 7.29. The van der Waals surface area contributed by atoms with Crippen LogP contribution in [0.5, 0.6) is 0 Å². The van der Waals surface area contributed by atoms with Crippen LogP contribution in [-0.4, -0.2) is 76.1 Å². The number of likely N-dealkylation sites (N-methyl/N-ethyl adjacent to an activating group) is 1. The van der Waals surface area contributed by atoms with Crippen molar-refractivity contribution in [3.05, 3.63) is 0 Å². The SMILES string of the molecule is CCCNC(=O)C(CCSSC(C)(C)CCC(=O)N(C)[C@@H](C)C(=O)[OH2+])S(=O)(=O)O. The fourth-order valence-electron chi connectivity index (χ4n) is 2.15. The van der Waals surface area contributed by atoms with Crippen LogP contribution in [0.3, 0.4) is 0 Å². The number of rotatable bonds is 14. The summed E-state index contributed by atoms with van der Waals surface area (Å²) in [4.78, 5) is 36.4. The summed E-state index contributed by atoms with van der Waals surface area (Å²) in [6.45, 7) is 7.56. The lowest BCUT2D eigenvalue weighted by molar-refractivity contribution is -0.148. The highest BCUT2D eigenvalue weighted by molar-refractivity contribution is 8.77. The summed E-state index contributed by atoms with van der Waals surface area (Å²) in [5.41, 5.74) is 0.